The molecule has 1 saturated heterocycles. The Morgan fingerprint density at radius 1 is 1.12 bits per heavy atom. The van der Waals surface area contributed by atoms with Crippen molar-refractivity contribution in [3.05, 3.63) is 83.7 Å². The molecule has 1 fully saturated rings. The molecular formula is C24H20FN3O5. The van der Waals surface area contributed by atoms with Gasteiger partial charge in [0.05, 0.1) is 17.9 Å². The zero-order valence-electron chi connectivity index (χ0n) is 17.5. The second-order valence-corrected chi connectivity index (χ2v) is 7.77. The summed E-state index contributed by atoms with van der Waals surface area (Å²) in [6.45, 7) is 0.882. The van der Waals surface area contributed by atoms with E-state index in [4.69, 9.17) is 9.47 Å². The van der Waals surface area contributed by atoms with E-state index in [0.29, 0.717) is 35.6 Å². The highest BCUT2D eigenvalue weighted by molar-refractivity contribution is 6.46. The number of aliphatic hydroxyl groups excluding tert-OH is 1. The van der Waals surface area contributed by atoms with Crippen LogP contribution in [0.3, 0.4) is 0 Å². The molecule has 0 bridgehead atoms. The molecule has 33 heavy (non-hydrogen) atoms. The molecule has 1 unspecified atom stereocenters. The van der Waals surface area contributed by atoms with E-state index in [1.807, 2.05) is 4.57 Å². The summed E-state index contributed by atoms with van der Waals surface area (Å²) in [7, 11) is 0. The molecular weight excluding hydrogens is 429 g/mol. The van der Waals surface area contributed by atoms with Gasteiger partial charge in [-0.05, 0) is 42.3 Å². The molecule has 3 heterocycles. The van der Waals surface area contributed by atoms with E-state index in [1.165, 1.54) is 23.1 Å². The highest BCUT2D eigenvalue weighted by atomic mass is 19.1. The fraction of sp³-hybridized carbons (Fsp3) is 0.208. The molecule has 0 saturated carbocycles. The Morgan fingerprint density at radius 3 is 2.76 bits per heavy atom. The molecule has 0 aliphatic carbocycles. The number of imidazole rings is 1. The highest BCUT2D eigenvalue weighted by Crippen LogP contribution is 2.41. The number of halogens is 1. The second-order valence-electron chi connectivity index (χ2n) is 7.77. The van der Waals surface area contributed by atoms with Gasteiger partial charge < -0.3 is 24.0 Å². The molecule has 8 nitrogen and oxygen atoms in total. The van der Waals surface area contributed by atoms with Crippen LogP contribution < -0.4 is 9.47 Å². The normalized spacial score (nSPS) is 18.8. The SMILES string of the molecule is O=C1C(=O)N(CCCn2ccnc2)C(c2cccc(F)c2)/C1=C(\O)c1ccc2c(c1)OCO2. The second kappa shape index (κ2) is 8.42. The Labute approximate surface area is 188 Å². The number of rotatable bonds is 6. The molecule has 5 rings (SSSR count). The van der Waals surface area contributed by atoms with Crippen LogP contribution in [0.1, 0.15) is 23.6 Å². The predicted molar refractivity (Wildman–Crippen MR) is 115 cm³/mol. The van der Waals surface area contributed by atoms with E-state index in [0.717, 1.165) is 0 Å². The lowest BCUT2D eigenvalue weighted by molar-refractivity contribution is -0.139. The number of aliphatic hydroxyl groups is 1. The number of ether oxygens (including phenoxy) is 2. The van der Waals surface area contributed by atoms with Crippen LogP contribution in [-0.2, 0) is 16.1 Å². The van der Waals surface area contributed by atoms with Gasteiger partial charge >= 0.3 is 0 Å². The third kappa shape index (κ3) is 3.82. The number of ketones is 1. The van der Waals surface area contributed by atoms with Crippen molar-refractivity contribution in [2.75, 3.05) is 13.3 Å². The van der Waals surface area contributed by atoms with E-state index in [1.54, 1.807) is 43.0 Å². The number of likely N-dealkylation sites (tertiary alicyclic amines) is 1. The van der Waals surface area contributed by atoms with Crippen LogP contribution in [0, 0.1) is 5.82 Å². The molecule has 1 N–H and O–H groups in total. The molecule has 1 aromatic heterocycles. The number of aromatic nitrogens is 2. The number of nitrogens with zero attached hydrogens (tertiary/aromatic N) is 3. The average molecular weight is 449 g/mol. The fourth-order valence-electron chi connectivity index (χ4n) is 4.18. The number of Topliss-reactive ketones (excluding diaryl/α,β-unsaturated/α-hetero) is 1. The third-order valence-electron chi connectivity index (χ3n) is 5.72. The van der Waals surface area contributed by atoms with Crippen molar-refractivity contribution in [1.82, 2.24) is 14.5 Å². The third-order valence-corrected chi connectivity index (χ3v) is 5.72. The monoisotopic (exact) mass is 449 g/mol. The van der Waals surface area contributed by atoms with Crippen LogP contribution in [0.5, 0.6) is 11.5 Å². The maximum atomic E-state index is 14.1. The van der Waals surface area contributed by atoms with Crippen LogP contribution in [0.25, 0.3) is 5.76 Å². The zero-order valence-corrected chi connectivity index (χ0v) is 17.5. The number of fused-ring (bicyclic) bond motifs is 1. The number of carbonyl (C=O) groups is 2. The van der Waals surface area contributed by atoms with Gasteiger partial charge in [0.25, 0.3) is 11.7 Å². The van der Waals surface area contributed by atoms with Crippen molar-refractivity contribution < 1.29 is 28.6 Å². The largest absolute Gasteiger partial charge is 0.507 e. The fourth-order valence-corrected chi connectivity index (χ4v) is 4.18. The van der Waals surface area contributed by atoms with Crippen molar-refractivity contribution in [1.29, 1.82) is 0 Å². The molecule has 2 aliphatic rings. The van der Waals surface area contributed by atoms with Gasteiger partial charge in [-0.3, -0.25) is 9.59 Å². The van der Waals surface area contributed by atoms with E-state index in [-0.39, 0.29) is 24.7 Å². The molecule has 2 aromatic carbocycles. The zero-order chi connectivity index (χ0) is 22.9. The van der Waals surface area contributed by atoms with Gasteiger partial charge in [0.15, 0.2) is 11.5 Å². The Balaban J connectivity index is 1.54. The first-order valence-corrected chi connectivity index (χ1v) is 10.4. The van der Waals surface area contributed by atoms with Gasteiger partial charge in [-0.25, -0.2) is 9.37 Å². The van der Waals surface area contributed by atoms with Crippen LogP contribution in [-0.4, -0.2) is 44.6 Å². The maximum absolute atomic E-state index is 14.1. The van der Waals surface area contributed by atoms with E-state index >= 15 is 0 Å². The Kier molecular flexibility index (Phi) is 5.29. The van der Waals surface area contributed by atoms with Crippen molar-refractivity contribution in [3.63, 3.8) is 0 Å². The first-order valence-electron chi connectivity index (χ1n) is 10.4. The summed E-state index contributed by atoms with van der Waals surface area (Å²) in [6.07, 6.45) is 5.67. The van der Waals surface area contributed by atoms with Crippen LogP contribution in [0.15, 0.2) is 66.8 Å². The Bertz CT molecular complexity index is 1250. The van der Waals surface area contributed by atoms with Crippen LogP contribution in [0.4, 0.5) is 4.39 Å². The van der Waals surface area contributed by atoms with Crippen molar-refractivity contribution in [2.24, 2.45) is 0 Å². The van der Waals surface area contributed by atoms with Gasteiger partial charge in [0, 0.05) is 31.0 Å². The predicted octanol–water partition coefficient (Wildman–Crippen LogP) is 3.26. The first-order chi connectivity index (χ1) is 16.0. The van der Waals surface area contributed by atoms with Gasteiger partial charge in [0.1, 0.15) is 11.6 Å². The van der Waals surface area contributed by atoms with Gasteiger partial charge in [0.2, 0.25) is 6.79 Å². The van der Waals surface area contributed by atoms with Gasteiger partial charge in [-0.1, -0.05) is 12.1 Å². The number of carbonyl (C=O) groups excluding carboxylic acids is 2. The summed E-state index contributed by atoms with van der Waals surface area (Å²) >= 11 is 0. The summed E-state index contributed by atoms with van der Waals surface area (Å²) in [5.74, 6) is -1.46. The lowest BCUT2D eigenvalue weighted by Gasteiger charge is -2.25. The Hall–Kier alpha value is -4.14. The summed E-state index contributed by atoms with van der Waals surface area (Å²) < 4.78 is 26.6. The number of hydrogen-bond acceptors (Lipinski definition) is 6. The smallest absolute Gasteiger partial charge is 0.295 e. The number of benzene rings is 2. The molecule has 1 atom stereocenters. The minimum atomic E-state index is -0.922. The van der Waals surface area contributed by atoms with Crippen molar-refractivity contribution in [3.8, 4) is 11.5 Å². The standard InChI is InChI=1S/C24H20FN3O5/c25-17-4-1-3-15(11-17)21-20(22(29)16-5-6-18-19(12-16)33-14-32-18)23(30)24(31)28(21)9-2-8-27-10-7-26-13-27/h1,3-7,10-13,21,29H,2,8-9,14H2/b22-20+. The first kappa shape index (κ1) is 20.7. The highest BCUT2D eigenvalue weighted by Gasteiger charge is 2.46. The molecule has 168 valence electrons. The summed E-state index contributed by atoms with van der Waals surface area (Å²) in [5.41, 5.74) is 0.614. The van der Waals surface area contributed by atoms with Gasteiger partial charge in [-0.15, -0.1) is 0 Å². The summed E-state index contributed by atoms with van der Waals surface area (Å²) in [5, 5.41) is 11.1. The quantitative estimate of drug-likeness (QED) is 0.353. The average Bonchev–Trinajstić information content (AvgIpc) is 3.55. The molecule has 0 radical (unpaired) electrons. The molecule has 2 aliphatic heterocycles. The van der Waals surface area contributed by atoms with Crippen molar-refractivity contribution in [2.45, 2.75) is 19.0 Å². The molecule has 9 heteroatoms. The van der Waals surface area contributed by atoms with Crippen molar-refractivity contribution >= 4 is 17.4 Å². The van der Waals surface area contributed by atoms with Gasteiger partial charge in [-0.2, -0.15) is 0 Å². The summed E-state index contributed by atoms with van der Waals surface area (Å²) in [6, 6.07) is 9.53. The number of amides is 1. The van der Waals surface area contributed by atoms with E-state index in [2.05, 4.69) is 4.98 Å². The topological polar surface area (TPSA) is 93.9 Å². The maximum Gasteiger partial charge on any atom is 0.295 e. The molecule has 3 aromatic rings. The Morgan fingerprint density at radius 2 is 1.97 bits per heavy atom. The summed E-state index contributed by atoms with van der Waals surface area (Å²) in [4.78, 5) is 31.4. The van der Waals surface area contributed by atoms with Crippen LogP contribution in [0.2, 0.25) is 0 Å². The van der Waals surface area contributed by atoms with E-state index < -0.39 is 23.5 Å². The van der Waals surface area contributed by atoms with Crippen LogP contribution >= 0.6 is 0 Å². The minimum Gasteiger partial charge on any atom is -0.507 e. The number of aryl methyl sites for hydroxylation is 1. The lowest BCUT2D eigenvalue weighted by atomic mass is 9.95. The molecule has 0 spiro atoms. The minimum absolute atomic E-state index is 0.0597. The lowest BCUT2D eigenvalue weighted by Crippen LogP contribution is -2.31. The number of hydrogen-bond donors (Lipinski definition) is 1. The van der Waals surface area contributed by atoms with E-state index in [9.17, 15) is 19.1 Å². The molecule has 1 amide bonds.